The molecule has 2 aromatic rings. The first kappa shape index (κ1) is 15.5. The SMILES string of the molecule is Cc1c(S(=O)(=O)NC(C)Cc2ccccc2)c(N)nn1C. The van der Waals surface area contributed by atoms with Crippen molar-refractivity contribution in [2.45, 2.75) is 31.2 Å². The van der Waals surface area contributed by atoms with Crippen LogP contribution in [0.2, 0.25) is 0 Å². The van der Waals surface area contributed by atoms with Crippen molar-refractivity contribution in [2.24, 2.45) is 7.05 Å². The number of nitrogens with one attached hydrogen (secondary N) is 1. The Morgan fingerprint density at radius 2 is 1.95 bits per heavy atom. The second kappa shape index (κ2) is 5.87. The maximum atomic E-state index is 12.4. The van der Waals surface area contributed by atoms with Gasteiger partial charge in [-0.1, -0.05) is 30.3 Å². The lowest BCUT2D eigenvalue weighted by Crippen LogP contribution is -2.34. The highest BCUT2D eigenvalue weighted by atomic mass is 32.2. The molecule has 0 saturated heterocycles. The number of hydrogen-bond acceptors (Lipinski definition) is 4. The van der Waals surface area contributed by atoms with Gasteiger partial charge in [-0.15, -0.1) is 0 Å². The highest BCUT2D eigenvalue weighted by Crippen LogP contribution is 2.21. The van der Waals surface area contributed by atoms with Crippen molar-refractivity contribution < 1.29 is 8.42 Å². The highest BCUT2D eigenvalue weighted by Gasteiger charge is 2.26. The minimum atomic E-state index is -3.68. The largest absolute Gasteiger partial charge is 0.381 e. The van der Waals surface area contributed by atoms with Crippen LogP contribution in [0.3, 0.4) is 0 Å². The zero-order valence-corrected chi connectivity index (χ0v) is 13.2. The second-order valence-corrected chi connectivity index (χ2v) is 6.79. The quantitative estimate of drug-likeness (QED) is 0.869. The predicted octanol–water partition coefficient (Wildman–Crippen LogP) is 1.22. The van der Waals surface area contributed by atoms with Gasteiger partial charge in [0.1, 0.15) is 4.90 Å². The van der Waals surface area contributed by atoms with Crippen molar-refractivity contribution in [3.63, 3.8) is 0 Å². The maximum absolute atomic E-state index is 12.4. The molecule has 3 N–H and O–H groups in total. The van der Waals surface area contributed by atoms with Gasteiger partial charge >= 0.3 is 0 Å². The number of sulfonamides is 1. The average molecular weight is 308 g/mol. The summed E-state index contributed by atoms with van der Waals surface area (Å²) in [5.74, 6) is 0.0226. The minimum absolute atomic E-state index is 0.0226. The Morgan fingerprint density at radius 3 is 2.48 bits per heavy atom. The molecule has 1 atom stereocenters. The molecule has 7 heteroatoms. The van der Waals surface area contributed by atoms with E-state index in [-0.39, 0.29) is 16.8 Å². The van der Waals surface area contributed by atoms with Gasteiger partial charge in [-0.3, -0.25) is 4.68 Å². The van der Waals surface area contributed by atoms with E-state index in [1.807, 2.05) is 37.3 Å². The van der Waals surface area contributed by atoms with Crippen molar-refractivity contribution in [3.8, 4) is 0 Å². The number of benzene rings is 1. The van der Waals surface area contributed by atoms with E-state index in [0.29, 0.717) is 12.1 Å². The van der Waals surface area contributed by atoms with Crippen LogP contribution in [0, 0.1) is 6.92 Å². The number of aromatic nitrogens is 2. The molecule has 0 bridgehead atoms. The third kappa shape index (κ3) is 3.43. The number of nitrogens with zero attached hydrogens (tertiary/aromatic N) is 2. The molecule has 1 unspecified atom stereocenters. The Balaban J connectivity index is 2.18. The van der Waals surface area contributed by atoms with Crippen molar-refractivity contribution >= 4 is 15.8 Å². The van der Waals surface area contributed by atoms with E-state index >= 15 is 0 Å². The van der Waals surface area contributed by atoms with Crippen LogP contribution < -0.4 is 10.5 Å². The Labute approximate surface area is 125 Å². The van der Waals surface area contributed by atoms with Gasteiger partial charge in [-0.05, 0) is 25.8 Å². The van der Waals surface area contributed by atoms with Crippen molar-refractivity contribution in [3.05, 3.63) is 41.6 Å². The highest BCUT2D eigenvalue weighted by molar-refractivity contribution is 7.89. The van der Waals surface area contributed by atoms with E-state index in [2.05, 4.69) is 9.82 Å². The van der Waals surface area contributed by atoms with Gasteiger partial charge in [0.05, 0.1) is 5.69 Å². The molecule has 1 aromatic heterocycles. The van der Waals surface area contributed by atoms with Crippen LogP contribution in [0.4, 0.5) is 5.82 Å². The van der Waals surface area contributed by atoms with Crippen molar-refractivity contribution in [1.29, 1.82) is 0 Å². The lowest BCUT2D eigenvalue weighted by atomic mass is 10.1. The smallest absolute Gasteiger partial charge is 0.246 e. The van der Waals surface area contributed by atoms with Gasteiger partial charge in [-0.25, -0.2) is 13.1 Å². The molecular weight excluding hydrogens is 288 g/mol. The number of rotatable bonds is 5. The molecule has 1 aromatic carbocycles. The summed E-state index contributed by atoms with van der Waals surface area (Å²) in [5, 5.41) is 3.94. The summed E-state index contributed by atoms with van der Waals surface area (Å²) in [6.45, 7) is 3.51. The monoisotopic (exact) mass is 308 g/mol. The Hall–Kier alpha value is -1.86. The van der Waals surface area contributed by atoms with E-state index in [0.717, 1.165) is 5.56 Å². The van der Waals surface area contributed by atoms with Gasteiger partial charge in [0.15, 0.2) is 5.82 Å². The molecule has 2 rings (SSSR count). The van der Waals surface area contributed by atoms with Gasteiger partial charge in [0, 0.05) is 13.1 Å². The van der Waals surface area contributed by atoms with Crippen LogP contribution in [-0.4, -0.2) is 24.2 Å². The Morgan fingerprint density at radius 1 is 1.33 bits per heavy atom. The van der Waals surface area contributed by atoms with E-state index in [1.165, 1.54) is 4.68 Å². The predicted molar refractivity (Wildman–Crippen MR) is 82.3 cm³/mol. The molecule has 0 amide bonds. The van der Waals surface area contributed by atoms with E-state index in [1.54, 1.807) is 14.0 Å². The maximum Gasteiger partial charge on any atom is 0.246 e. The molecular formula is C14H20N4O2S. The zero-order chi connectivity index (χ0) is 15.6. The van der Waals surface area contributed by atoms with Crippen LogP contribution in [0.5, 0.6) is 0 Å². The molecule has 114 valence electrons. The first-order valence-corrected chi connectivity index (χ1v) is 8.15. The summed E-state index contributed by atoms with van der Waals surface area (Å²) >= 11 is 0. The van der Waals surface area contributed by atoms with Crippen LogP contribution in [-0.2, 0) is 23.5 Å². The van der Waals surface area contributed by atoms with E-state index in [9.17, 15) is 8.42 Å². The minimum Gasteiger partial charge on any atom is -0.381 e. The Bertz CT molecular complexity index is 723. The molecule has 6 nitrogen and oxygen atoms in total. The molecule has 0 aliphatic rings. The summed E-state index contributed by atoms with van der Waals surface area (Å²) in [6, 6.07) is 9.48. The fourth-order valence-corrected chi connectivity index (χ4v) is 3.85. The fraction of sp³-hybridized carbons (Fsp3) is 0.357. The first-order valence-electron chi connectivity index (χ1n) is 6.66. The standard InChI is InChI=1S/C14H20N4O2S/c1-10(9-12-7-5-4-6-8-12)17-21(19,20)13-11(2)18(3)16-14(13)15/h4-8,10,17H,9H2,1-3H3,(H2,15,16). The van der Waals surface area contributed by atoms with E-state index < -0.39 is 10.0 Å². The molecule has 0 spiro atoms. The second-order valence-electron chi connectivity index (χ2n) is 5.14. The molecule has 1 heterocycles. The van der Waals surface area contributed by atoms with Crippen LogP contribution >= 0.6 is 0 Å². The zero-order valence-electron chi connectivity index (χ0n) is 12.4. The van der Waals surface area contributed by atoms with Crippen molar-refractivity contribution in [1.82, 2.24) is 14.5 Å². The van der Waals surface area contributed by atoms with Gasteiger partial charge < -0.3 is 5.73 Å². The molecule has 0 aliphatic carbocycles. The van der Waals surface area contributed by atoms with Gasteiger partial charge in [0.2, 0.25) is 10.0 Å². The summed E-state index contributed by atoms with van der Waals surface area (Å²) in [6.07, 6.45) is 0.610. The third-order valence-corrected chi connectivity index (χ3v) is 5.07. The lowest BCUT2D eigenvalue weighted by Gasteiger charge is -2.14. The molecule has 0 aliphatic heterocycles. The average Bonchev–Trinajstić information content (AvgIpc) is 2.63. The van der Waals surface area contributed by atoms with E-state index in [4.69, 9.17) is 5.73 Å². The van der Waals surface area contributed by atoms with Crippen LogP contribution in [0.1, 0.15) is 18.2 Å². The van der Waals surface area contributed by atoms with Crippen LogP contribution in [0.15, 0.2) is 35.2 Å². The summed E-state index contributed by atoms with van der Waals surface area (Å²) in [4.78, 5) is 0.0601. The first-order chi connectivity index (χ1) is 9.81. The molecule has 0 radical (unpaired) electrons. The number of aryl methyl sites for hydroxylation is 1. The summed E-state index contributed by atoms with van der Waals surface area (Å²) < 4.78 is 29.0. The summed E-state index contributed by atoms with van der Waals surface area (Å²) in [5.41, 5.74) is 7.30. The molecule has 0 fully saturated rings. The van der Waals surface area contributed by atoms with Gasteiger partial charge in [-0.2, -0.15) is 5.10 Å². The third-order valence-electron chi connectivity index (χ3n) is 3.31. The number of nitrogens with two attached hydrogens (primary N) is 1. The van der Waals surface area contributed by atoms with Crippen LogP contribution in [0.25, 0.3) is 0 Å². The number of hydrogen-bond donors (Lipinski definition) is 2. The molecule has 0 saturated carbocycles. The fourth-order valence-electron chi connectivity index (χ4n) is 2.28. The lowest BCUT2D eigenvalue weighted by molar-refractivity contribution is 0.559. The van der Waals surface area contributed by atoms with Gasteiger partial charge in [0.25, 0.3) is 0 Å². The summed E-state index contributed by atoms with van der Waals surface area (Å²) in [7, 11) is -2.01. The topological polar surface area (TPSA) is 90.0 Å². The number of anilines is 1. The molecule has 21 heavy (non-hydrogen) atoms. The number of nitrogen functional groups attached to an aromatic ring is 1. The Kier molecular flexibility index (Phi) is 4.34. The normalized spacial score (nSPS) is 13.3. The van der Waals surface area contributed by atoms with Crippen molar-refractivity contribution in [2.75, 3.05) is 5.73 Å².